The van der Waals surface area contributed by atoms with Gasteiger partial charge in [-0.15, -0.1) is 0 Å². The van der Waals surface area contributed by atoms with Gasteiger partial charge in [-0.05, 0) is 52.1 Å². The molecule has 1 saturated heterocycles. The first-order valence-electron chi connectivity index (χ1n) is 6.99. The van der Waals surface area contributed by atoms with E-state index in [0.29, 0.717) is 6.16 Å². The average molecular weight is 294 g/mol. The van der Waals surface area contributed by atoms with Crippen molar-refractivity contribution < 1.29 is 13.9 Å². The summed E-state index contributed by atoms with van der Waals surface area (Å²) in [5.74, 6) is 0. The zero-order chi connectivity index (χ0) is 15.2. The van der Waals surface area contributed by atoms with E-state index >= 15 is 0 Å². The quantitative estimate of drug-likeness (QED) is 0.634. The summed E-state index contributed by atoms with van der Waals surface area (Å²) in [6.07, 6.45) is 0.636. The van der Waals surface area contributed by atoms with Gasteiger partial charge < -0.3 is 13.9 Å². The van der Waals surface area contributed by atoms with E-state index in [-0.39, 0.29) is 18.3 Å². The van der Waals surface area contributed by atoms with E-state index < -0.39 is 7.14 Å². The SMILES string of the molecule is CC1(C)OB(c2ccc(CP(C)(C)=O)cc2)OC1(C)C. The smallest absolute Gasteiger partial charge is 0.399 e. The van der Waals surface area contributed by atoms with Crippen LogP contribution in [0.15, 0.2) is 24.3 Å². The molecule has 0 spiro atoms. The molecule has 110 valence electrons. The Morgan fingerprint density at radius 2 is 1.45 bits per heavy atom. The summed E-state index contributed by atoms with van der Waals surface area (Å²) < 4.78 is 23.9. The van der Waals surface area contributed by atoms with Crippen LogP contribution in [0.1, 0.15) is 33.3 Å². The second kappa shape index (κ2) is 5.01. The molecule has 0 bridgehead atoms. The lowest BCUT2D eigenvalue weighted by Crippen LogP contribution is -2.41. The Balaban J connectivity index is 2.14. The molecule has 1 aliphatic rings. The molecule has 20 heavy (non-hydrogen) atoms. The maximum Gasteiger partial charge on any atom is 0.494 e. The minimum Gasteiger partial charge on any atom is -0.399 e. The zero-order valence-corrected chi connectivity index (χ0v) is 14.2. The summed E-state index contributed by atoms with van der Waals surface area (Å²) in [4.78, 5) is 0. The Labute approximate surface area is 122 Å². The molecule has 3 nitrogen and oxygen atoms in total. The van der Waals surface area contributed by atoms with Crippen molar-refractivity contribution in [3.05, 3.63) is 29.8 Å². The molecular formula is C15H24BO3P. The third-order valence-corrected chi connectivity index (χ3v) is 5.20. The van der Waals surface area contributed by atoms with Crippen LogP contribution in [0.25, 0.3) is 0 Å². The average Bonchev–Trinajstić information content (AvgIpc) is 2.47. The van der Waals surface area contributed by atoms with Gasteiger partial charge in [0, 0.05) is 6.16 Å². The Kier molecular flexibility index (Phi) is 3.96. The maximum atomic E-state index is 11.8. The number of hydrogen-bond acceptors (Lipinski definition) is 3. The highest BCUT2D eigenvalue weighted by Gasteiger charge is 2.51. The molecule has 1 fully saturated rings. The largest absolute Gasteiger partial charge is 0.494 e. The Bertz CT molecular complexity index is 515. The van der Waals surface area contributed by atoms with Crippen LogP contribution >= 0.6 is 7.14 Å². The maximum absolute atomic E-state index is 11.8. The fourth-order valence-corrected chi connectivity index (χ4v) is 3.29. The molecule has 1 aliphatic heterocycles. The highest BCUT2D eigenvalue weighted by Crippen LogP contribution is 2.40. The first-order valence-corrected chi connectivity index (χ1v) is 9.77. The van der Waals surface area contributed by atoms with Crippen LogP contribution in [-0.4, -0.2) is 31.7 Å². The van der Waals surface area contributed by atoms with Crippen LogP contribution in [0.5, 0.6) is 0 Å². The van der Waals surface area contributed by atoms with Crippen LogP contribution in [0.3, 0.4) is 0 Å². The van der Waals surface area contributed by atoms with Gasteiger partial charge in [-0.2, -0.15) is 0 Å². The third kappa shape index (κ3) is 3.36. The third-order valence-electron chi connectivity index (χ3n) is 4.07. The van der Waals surface area contributed by atoms with Gasteiger partial charge in [0.15, 0.2) is 0 Å². The summed E-state index contributed by atoms with van der Waals surface area (Å²) in [7, 11) is -2.36. The van der Waals surface area contributed by atoms with Gasteiger partial charge in [0.05, 0.1) is 18.3 Å². The molecular weight excluding hydrogens is 270 g/mol. The lowest BCUT2D eigenvalue weighted by atomic mass is 9.79. The van der Waals surface area contributed by atoms with Crippen molar-refractivity contribution in [1.29, 1.82) is 0 Å². The van der Waals surface area contributed by atoms with Crippen molar-refractivity contribution in [2.24, 2.45) is 0 Å². The van der Waals surface area contributed by atoms with Gasteiger partial charge in [0.2, 0.25) is 0 Å². The predicted octanol–water partition coefficient (Wildman–Crippen LogP) is 3.11. The summed E-state index contributed by atoms with van der Waals surface area (Å²) in [6, 6.07) is 8.04. The van der Waals surface area contributed by atoms with Crippen LogP contribution in [0, 0.1) is 0 Å². The van der Waals surface area contributed by atoms with Crippen LogP contribution in [0.2, 0.25) is 0 Å². The minimum atomic E-state index is -2.03. The van der Waals surface area contributed by atoms with E-state index in [2.05, 4.69) is 0 Å². The molecule has 1 aromatic rings. The van der Waals surface area contributed by atoms with Crippen LogP contribution in [-0.2, 0) is 20.0 Å². The molecule has 5 heteroatoms. The van der Waals surface area contributed by atoms with E-state index in [4.69, 9.17) is 9.31 Å². The molecule has 1 heterocycles. The summed E-state index contributed by atoms with van der Waals surface area (Å²) in [5, 5.41) is 0. The summed E-state index contributed by atoms with van der Waals surface area (Å²) in [6.45, 7) is 11.8. The normalized spacial score (nSPS) is 21.2. The molecule has 0 aliphatic carbocycles. The van der Waals surface area contributed by atoms with Crippen molar-refractivity contribution >= 4 is 19.7 Å². The van der Waals surface area contributed by atoms with Crippen LogP contribution in [0.4, 0.5) is 0 Å². The Morgan fingerprint density at radius 1 is 1.00 bits per heavy atom. The van der Waals surface area contributed by atoms with Crippen molar-refractivity contribution in [2.45, 2.75) is 45.1 Å². The highest BCUT2D eigenvalue weighted by atomic mass is 31.2. The Hall–Kier alpha value is -0.565. The molecule has 0 aromatic heterocycles. The van der Waals surface area contributed by atoms with Crippen molar-refractivity contribution in [1.82, 2.24) is 0 Å². The molecule has 0 atom stereocenters. The van der Waals surface area contributed by atoms with Gasteiger partial charge >= 0.3 is 7.12 Å². The molecule has 0 radical (unpaired) electrons. The molecule has 0 N–H and O–H groups in total. The number of hydrogen-bond donors (Lipinski definition) is 0. The van der Waals surface area contributed by atoms with Gasteiger partial charge in [-0.1, -0.05) is 24.3 Å². The molecule has 1 aromatic carbocycles. The van der Waals surface area contributed by atoms with Crippen molar-refractivity contribution in [3.8, 4) is 0 Å². The van der Waals surface area contributed by atoms with Gasteiger partial charge in [-0.25, -0.2) is 0 Å². The van der Waals surface area contributed by atoms with Crippen molar-refractivity contribution in [3.63, 3.8) is 0 Å². The van der Waals surface area contributed by atoms with E-state index in [9.17, 15) is 4.57 Å². The number of benzene rings is 1. The molecule has 0 amide bonds. The fourth-order valence-electron chi connectivity index (χ4n) is 2.20. The fraction of sp³-hybridized carbons (Fsp3) is 0.600. The van der Waals surface area contributed by atoms with E-state index in [0.717, 1.165) is 11.0 Å². The standard InChI is InChI=1S/C15H24BO3P/c1-14(2)15(3,4)19-16(18-14)13-9-7-12(8-10-13)11-20(5,6)17/h7-10H,11H2,1-6H3. The second-order valence-electron chi connectivity index (χ2n) is 7.06. The second-order valence-corrected chi connectivity index (χ2v) is 10.5. The van der Waals surface area contributed by atoms with E-state index in [1.807, 2.05) is 65.3 Å². The molecule has 0 saturated carbocycles. The van der Waals surface area contributed by atoms with E-state index in [1.54, 1.807) is 0 Å². The molecule has 0 unspecified atom stereocenters. The number of rotatable bonds is 3. The predicted molar refractivity (Wildman–Crippen MR) is 85.3 cm³/mol. The lowest BCUT2D eigenvalue weighted by Gasteiger charge is -2.32. The van der Waals surface area contributed by atoms with Gasteiger partial charge in [0.1, 0.15) is 0 Å². The lowest BCUT2D eigenvalue weighted by molar-refractivity contribution is 0.00578. The monoisotopic (exact) mass is 294 g/mol. The van der Waals surface area contributed by atoms with Crippen LogP contribution < -0.4 is 5.46 Å². The first kappa shape index (κ1) is 15.8. The van der Waals surface area contributed by atoms with E-state index in [1.165, 1.54) is 0 Å². The first-order chi connectivity index (χ1) is 9.00. The van der Waals surface area contributed by atoms with Crippen molar-refractivity contribution in [2.75, 3.05) is 13.3 Å². The topological polar surface area (TPSA) is 35.5 Å². The van der Waals surface area contributed by atoms with Gasteiger partial charge in [0.25, 0.3) is 0 Å². The Morgan fingerprint density at radius 3 is 1.85 bits per heavy atom. The molecule has 2 rings (SSSR count). The van der Waals surface area contributed by atoms with Gasteiger partial charge in [-0.3, -0.25) is 0 Å². The highest BCUT2D eigenvalue weighted by molar-refractivity contribution is 7.61. The summed E-state index contributed by atoms with van der Waals surface area (Å²) in [5.41, 5.74) is 1.46. The zero-order valence-electron chi connectivity index (χ0n) is 13.3. The minimum absolute atomic E-state index is 0.321. The summed E-state index contributed by atoms with van der Waals surface area (Å²) >= 11 is 0.